The van der Waals surface area contributed by atoms with Crippen LogP contribution in [0.1, 0.15) is 22.3 Å². The van der Waals surface area contributed by atoms with Gasteiger partial charge in [0.2, 0.25) is 10.0 Å². The molecule has 0 saturated heterocycles. The van der Waals surface area contributed by atoms with E-state index in [4.69, 9.17) is 4.74 Å². The van der Waals surface area contributed by atoms with Gasteiger partial charge < -0.3 is 4.74 Å². The van der Waals surface area contributed by atoms with Gasteiger partial charge in [-0.2, -0.15) is 9.41 Å². The molecule has 34 heavy (non-hydrogen) atoms. The molecule has 0 aliphatic rings. The molecule has 0 aliphatic heterocycles. The molecule has 3 aromatic rings. The maximum Gasteiger partial charge on any atom is 0.255 e. The van der Waals surface area contributed by atoms with Gasteiger partial charge in [0.05, 0.1) is 24.8 Å². The number of carbonyl (C=O) groups excluding carboxylic acids is 1. The first-order valence-corrected chi connectivity index (χ1v) is 12.7. The number of ether oxygens (including phenoxy) is 1. The minimum Gasteiger partial charge on any atom is -0.496 e. The lowest BCUT2D eigenvalue weighted by atomic mass is 10.1. The van der Waals surface area contributed by atoms with Crippen LogP contribution in [0.5, 0.6) is 5.75 Å². The van der Waals surface area contributed by atoms with E-state index >= 15 is 0 Å². The zero-order chi connectivity index (χ0) is 24.7. The van der Waals surface area contributed by atoms with Crippen LogP contribution in [0.25, 0.3) is 0 Å². The Bertz CT molecular complexity index is 1290. The third kappa shape index (κ3) is 6.75. The third-order valence-electron chi connectivity index (χ3n) is 5.00. The summed E-state index contributed by atoms with van der Waals surface area (Å²) in [6, 6.07) is 19.5. The van der Waals surface area contributed by atoms with Crippen molar-refractivity contribution in [3.63, 3.8) is 0 Å². The van der Waals surface area contributed by atoms with Crippen LogP contribution < -0.4 is 10.2 Å². The molecule has 3 rings (SSSR count). The van der Waals surface area contributed by atoms with Crippen LogP contribution in [0.3, 0.4) is 0 Å². The predicted octanol–water partition coefficient (Wildman–Crippen LogP) is 4.42. The fraction of sp³-hybridized carbons (Fsp3) is 0.200. The first kappa shape index (κ1) is 25.6. The normalized spacial score (nSPS) is 11.7. The first-order valence-electron chi connectivity index (χ1n) is 10.5. The van der Waals surface area contributed by atoms with Crippen molar-refractivity contribution in [1.29, 1.82) is 0 Å². The summed E-state index contributed by atoms with van der Waals surface area (Å²) < 4.78 is 34.0. The second-order valence-electron chi connectivity index (χ2n) is 7.75. The number of methoxy groups -OCH3 is 1. The minimum absolute atomic E-state index is 0.0501. The molecule has 3 aromatic carbocycles. The molecule has 0 unspecified atom stereocenters. The van der Waals surface area contributed by atoms with Gasteiger partial charge in [0.1, 0.15) is 5.75 Å². The number of aryl methyl sites for hydroxylation is 2. The number of nitrogens with zero attached hydrogens (tertiary/aromatic N) is 2. The predicted molar refractivity (Wildman–Crippen MR) is 136 cm³/mol. The molecule has 0 aromatic heterocycles. The fourth-order valence-corrected chi connectivity index (χ4v) is 5.04. The van der Waals surface area contributed by atoms with Crippen LogP contribution in [0.2, 0.25) is 0 Å². The number of halogens is 1. The number of rotatable bonds is 9. The molecule has 1 N–H and O–H groups in total. The lowest BCUT2D eigenvalue weighted by molar-refractivity contribution is -0.121. The van der Waals surface area contributed by atoms with E-state index in [0.29, 0.717) is 11.3 Å². The molecule has 9 heteroatoms. The molecule has 7 nitrogen and oxygen atoms in total. The highest BCUT2D eigenvalue weighted by Gasteiger charge is 2.27. The monoisotopic (exact) mass is 543 g/mol. The van der Waals surface area contributed by atoms with Gasteiger partial charge in [-0.3, -0.25) is 4.79 Å². The first-order chi connectivity index (χ1) is 16.2. The van der Waals surface area contributed by atoms with Gasteiger partial charge in [-0.15, -0.1) is 0 Å². The van der Waals surface area contributed by atoms with Gasteiger partial charge >= 0.3 is 0 Å². The second kappa shape index (κ2) is 11.4. The van der Waals surface area contributed by atoms with Crippen LogP contribution in [0.4, 0.5) is 0 Å². The molecule has 0 bridgehead atoms. The largest absolute Gasteiger partial charge is 0.496 e. The van der Waals surface area contributed by atoms with Crippen LogP contribution in [-0.2, 0) is 21.4 Å². The number of hydrazone groups is 1. The van der Waals surface area contributed by atoms with Crippen molar-refractivity contribution in [3.8, 4) is 5.75 Å². The fourth-order valence-electron chi connectivity index (χ4n) is 3.27. The smallest absolute Gasteiger partial charge is 0.255 e. The number of carbonyl (C=O) groups is 1. The van der Waals surface area contributed by atoms with E-state index in [1.165, 1.54) is 13.3 Å². The summed E-state index contributed by atoms with van der Waals surface area (Å²) in [4.78, 5) is 12.8. The number of amides is 1. The van der Waals surface area contributed by atoms with Crippen LogP contribution >= 0.6 is 15.9 Å². The SMILES string of the molecule is COc1ccc(Br)cc1/C=N\NC(=O)CN(Cc1cccc(C)c1)S(=O)(=O)c1ccc(C)cc1. The number of benzene rings is 3. The Balaban J connectivity index is 1.81. The second-order valence-corrected chi connectivity index (χ2v) is 10.6. The summed E-state index contributed by atoms with van der Waals surface area (Å²) in [5.74, 6) is 0.0257. The van der Waals surface area contributed by atoms with Crippen molar-refractivity contribution in [3.05, 3.63) is 93.5 Å². The number of hydrogen-bond donors (Lipinski definition) is 1. The van der Waals surface area contributed by atoms with Gasteiger partial charge in [-0.1, -0.05) is 63.5 Å². The summed E-state index contributed by atoms with van der Waals surface area (Å²) in [6.45, 7) is 3.47. The Kier molecular flexibility index (Phi) is 8.60. The van der Waals surface area contributed by atoms with Crippen molar-refractivity contribution in [2.75, 3.05) is 13.7 Å². The molecule has 0 atom stereocenters. The molecule has 0 heterocycles. The number of nitrogens with one attached hydrogen (secondary N) is 1. The Hall–Kier alpha value is -3.01. The highest BCUT2D eigenvalue weighted by Crippen LogP contribution is 2.22. The van der Waals surface area contributed by atoms with Crippen molar-refractivity contribution >= 4 is 38.1 Å². The average molecular weight is 544 g/mol. The molecule has 0 aliphatic carbocycles. The van der Waals surface area contributed by atoms with Gasteiger partial charge in [0.25, 0.3) is 5.91 Å². The zero-order valence-electron chi connectivity index (χ0n) is 19.2. The molecule has 1 amide bonds. The zero-order valence-corrected chi connectivity index (χ0v) is 21.6. The summed E-state index contributed by atoms with van der Waals surface area (Å²) in [5, 5.41) is 3.99. The topological polar surface area (TPSA) is 88.1 Å². The lowest BCUT2D eigenvalue weighted by Gasteiger charge is -2.22. The van der Waals surface area contributed by atoms with E-state index in [-0.39, 0.29) is 11.4 Å². The molecule has 0 fully saturated rings. The van der Waals surface area contributed by atoms with Gasteiger partial charge in [0.15, 0.2) is 0 Å². The lowest BCUT2D eigenvalue weighted by Crippen LogP contribution is -2.39. The average Bonchev–Trinajstić information content (AvgIpc) is 2.79. The molecular formula is C25H26BrN3O4S. The highest BCUT2D eigenvalue weighted by molar-refractivity contribution is 9.10. The summed E-state index contributed by atoms with van der Waals surface area (Å²) >= 11 is 3.39. The molecule has 0 spiro atoms. The van der Waals surface area contributed by atoms with Gasteiger partial charge in [0, 0.05) is 16.6 Å². The Labute approximate surface area is 208 Å². The Morgan fingerprint density at radius 1 is 1.06 bits per heavy atom. The molecule has 0 saturated carbocycles. The Morgan fingerprint density at radius 3 is 2.47 bits per heavy atom. The molecule has 0 radical (unpaired) electrons. The standard InChI is InChI=1S/C25H26BrN3O4S/c1-18-7-10-23(11-8-18)34(31,32)29(16-20-6-4-5-19(2)13-20)17-25(30)28-27-15-21-14-22(26)9-12-24(21)33-3/h4-15H,16-17H2,1-3H3,(H,28,30)/b27-15-. The van der Waals surface area contributed by atoms with E-state index in [9.17, 15) is 13.2 Å². The van der Waals surface area contributed by atoms with Crippen molar-refractivity contribution in [2.45, 2.75) is 25.3 Å². The number of hydrogen-bond acceptors (Lipinski definition) is 5. The van der Waals surface area contributed by atoms with E-state index in [1.807, 2.05) is 44.2 Å². The van der Waals surface area contributed by atoms with E-state index in [1.54, 1.807) is 36.4 Å². The quantitative estimate of drug-likeness (QED) is 0.319. The summed E-state index contributed by atoms with van der Waals surface area (Å²) in [5.41, 5.74) is 5.80. The number of sulfonamides is 1. The van der Waals surface area contributed by atoms with E-state index < -0.39 is 22.5 Å². The maximum absolute atomic E-state index is 13.4. The molecule has 178 valence electrons. The summed E-state index contributed by atoms with van der Waals surface area (Å²) in [6.07, 6.45) is 1.45. The third-order valence-corrected chi connectivity index (χ3v) is 7.30. The van der Waals surface area contributed by atoms with E-state index in [2.05, 4.69) is 26.5 Å². The van der Waals surface area contributed by atoms with Crippen LogP contribution in [0, 0.1) is 13.8 Å². The van der Waals surface area contributed by atoms with Crippen molar-refractivity contribution in [2.24, 2.45) is 5.10 Å². The maximum atomic E-state index is 13.4. The summed E-state index contributed by atoms with van der Waals surface area (Å²) in [7, 11) is -2.38. The minimum atomic E-state index is -3.92. The Morgan fingerprint density at radius 2 is 1.79 bits per heavy atom. The van der Waals surface area contributed by atoms with Crippen molar-refractivity contribution < 1.29 is 17.9 Å². The molecular weight excluding hydrogens is 518 g/mol. The van der Waals surface area contributed by atoms with E-state index in [0.717, 1.165) is 25.5 Å². The van der Waals surface area contributed by atoms with Gasteiger partial charge in [-0.05, 0) is 49.7 Å². The van der Waals surface area contributed by atoms with Crippen LogP contribution in [-0.4, -0.2) is 38.5 Å². The van der Waals surface area contributed by atoms with Crippen LogP contribution in [0.15, 0.2) is 81.2 Å². The highest BCUT2D eigenvalue weighted by atomic mass is 79.9. The van der Waals surface area contributed by atoms with Gasteiger partial charge in [-0.25, -0.2) is 13.8 Å². The van der Waals surface area contributed by atoms with Crippen molar-refractivity contribution in [1.82, 2.24) is 9.73 Å².